The third kappa shape index (κ3) is 5.92. The molecule has 0 amide bonds. The van der Waals surface area contributed by atoms with Crippen molar-refractivity contribution in [3.05, 3.63) is 11.3 Å². The summed E-state index contributed by atoms with van der Waals surface area (Å²) in [5.41, 5.74) is 3.59. The van der Waals surface area contributed by atoms with Crippen LogP contribution in [-0.2, 0) is 4.43 Å². The van der Waals surface area contributed by atoms with Gasteiger partial charge in [-0.3, -0.25) is 0 Å². The largest absolute Gasteiger partial charge is 0.419 e. The van der Waals surface area contributed by atoms with Crippen molar-refractivity contribution in [2.24, 2.45) is 0 Å². The van der Waals surface area contributed by atoms with Gasteiger partial charge in [-0.15, -0.1) is 0 Å². The average molecular weight is 130 g/mol. The Bertz CT molecular complexity index is 74.6. The molecule has 0 radical (unpaired) electrons. The third-order valence-corrected chi connectivity index (χ3v) is 2.44. The first-order chi connectivity index (χ1) is 3.77. The van der Waals surface area contributed by atoms with Gasteiger partial charge in [0.25, 0.3) is 0 Å². The van der Waals surface area contributed by atoms with E-state index >= 15 is 0 Å². The molecule has 48 valence electrons. The highest BCUT2D eigenvalue weighted by atomic mass is 28.2. The van der Waals surface area contributed by atoms with Crippen LogP contribution in [0.3, 0.4) is 0 Å². The minimum absolute atomic E-state index is 0.298. The molecule has 0 unspecified atom stereocenters. The van der Waals surface area contributed by atoms with Gasteiger partial charge in [-0.2, -0.15) is 0 Å². The lowest BCUT2D eigenvalue weighted by atomic mass is 10.4. The van der Waals surface area contributed by atoms with Crippen LogP contribution in [0.25, 0.3) is 0 Å². The van der Waals surface area contributed by atoms with E-state index in [1.165, 1.54) is 5.57 Å². The zero-order valence-electron chi connectivity index (χ0n) is 5.90. The highest BCUT2D eigenvalue weighted by Crippen LogP contribution is 1.85. The van der Waals surface area contributed by atoms with Crippen LogP contribution in [0.15, 0.2) is 11.3 Å². The Morgan fingerprint density at radius 3 is 2.62 bits per heavy atom. The maximum absolute atomic E-state index is 5.21. The smallest absolute Gasteiger partial charge is 0.185 e. The summed E-state index contributed by atoms with van der Waals surface area (Å²) in [6, 6.07) is 0. The number of hydrogen-bond acceptors (Lipinski definition) is 1. The zero-order chi connectivity index (χ0) is 6.41. The summed E-state index contributed by atoms with van der Waals surface area (Å²) >= 11 is 0. The predicted molar refractivity (Wildman–Crippen MR) is 39.6 cm³/mol. The lowest BCUT2D eigenvalue weighted by Gasteiger charge is -1.92. The van der Waals surface area contributed by atoms with E-state index in [0.29, 0.717) is 0 Å². The molecule has 0 spiro atoms. The SMILES string of the molecule is CCO[SiH2]C=C(C)C. The zero-order valence-corrected chi connectivity index (χ0v) is 7.31. The van der Waals surface area contributed by atoms with Crippen molar-refractivity contribution < 1.29 is 4.43 Å². The highest BCUT2D eigenvalue weighted by Gasteiger charge is 1.78. The topological polar surface area (TPSA) is 9.23 Å². The first kappa shape index (κ1) is 7.92. The van der Waals surface area contributed by atoms with Gasteiger partial charge in [0.05, 0.1) is 0 Å². The van der Waals surface area contributed by atoms with Crippen LogP contribution >= 0.6 is 0 Å². The van der Waals surface area contributed by atoms with Crippen molar-refractivity contribution in [3.8, 4) is 0 Å². The van der Waals surface area contributed by atoms with E-state index in [1.807, 2.05) is 6.92 Å². The fourth-order valence-electron chi connectivity index (χ4n) is 0.343. The Balaban J connectivity index is 3.03. The summed E-state index contributed by atoms with van der Waals surface area (Å²) in [7, 11) is -0.298. The number of rotatable bonds is 3. The summed E-state index contributed by atoms with van der Waals surface area (Å²) in [5, 5.41) is 0. The molecule has 0 aromatic rings. The van der Waals surface area contributed by atoms with Gasteiger partial charge in [0.15, 0.2) is 9.76 Å². The molecule has 0 bridgehead atoms. The molecule has 0 aromatic carbocycles. The Morgan fingerprint density at radius 1 is 1.62 bits per heavy atom. The van der Waals surface area contributed by atoms with Gasteiger partial charge in [-0.05, 0) is 20.8 Å². The van der Waals surface area contributed by atoms with E-state index in [9.17, 15) is 0 Å². The summed E-state index contributed by atoms with van der Waals surface area (Å²) in [6.07, 6.45) is 0. The molecule has 0 aliphatic heterocycles. The Hall–Kier alpha value is -0.0831. The van der Waals surface area contributed by atoms with Gasteiger partial charge in [-0.1, -0.05) is 11.3 Å². The van der Waals surface area contributed by atoms with Gasteiger partial charge < -0.3 is 4.43 Å². The summed E-state index contributed by atoms with van der Waals surface area (Å²) < 4.78 is 5.21. The maximum Gasteiger partial charge on any atom is 0.185 e. The second-order valence-corrected chi connectivity index (χ2v) is 3.09. The Labute approximate surface area is 53.7 Å². The van der Waals surface area contributed by atoms with Crippen LogP contribution in [0.2, 0.25) is 0 Å². The third-order valence-electron chi connectivity index (χ3n) is 0.814. The molecule has 0 aliphatic rings. The highest BCUT2D eigenvalue weighted by molar-refractivity contribution is 6.34. The first-order valence-electron chi connectivity index (χ1n) is 2.98. The van der Waals surface area contributed by atoms with Crippen LogP contribution in [0.5, 0.6) is 0 Å². The van der Waals surface area contributed by atoms with Gasteiger partial charge in [0.2, 0.25) is 0 Å². The molecule has 0 heterocycles. The average Bonchev–Trinajstić information content (AvgIpc) is 1.66. The standard InChI is InChI=1S/C6H14OSi/c1-4-7-8-5-6(2)3/h5H,4,8H2,1-3H3. The number of allylic oxidation sites excluding steroid dienone is 1. The fourth-order valence-corrected chi connectivity index (χ4v) is 1.03. The van der Waals surface area contributed by atoms with Crippen molar-refractivity contribution in [3.63, 3.8) is 0 Å². The maximum atomic E-state index is 5.21. The monoisotopic (exact) mass is 130 g/mol. The second-order valence-electron chi connectivity index (χ2n) is 1.94. The van der Waals surface area contributed by atoms with E-state index in [0.717, 1.165) is 6.61 Å². The van der Waals surface area contributed by atoms with E-state index in [-0.39, 0.29) is 9.76 Å². The molecule has 0 N–H and O–H groups in total. The normalized spacial score (nSPS) is 10.4. The van der Waals surface area contributed by atoms with E-state index < -0.39 is 0 Å². The van der Waals surface area contributed by atoms with Gasteiger partial charge in [0, 0.05) is 6.61 Å². The molecule has 0 aromatic heterocycles. The van der Waals surface area contributed by atoms with Crippen LogP contribution in [-0.4, -0.2) is 16.4 Å². The minimum atomic E-state index is -0.298. The van der Waals surface area contributed by atoms with Crippen molar-refractivity contribution >= 4 is 9.76 Å². The summed E-state index contributed by atoms with van der Waals surface area (Å²) in [4.78, 5) is 0. The molecule has 0 aliphatic carbocycles. The molecule has 0 saturated carbocycles. The summed E-state index contributed by atoms with van der Waals surface area (Å²) in [6.45, 7) is 7.11. The molecule has 0 fully saturated rings. The van der Waals surface area contributed by atoms with Gasteiger partial charge in [0.1, 0.15) is 0 Å². The molecule has 8 heavy (non-hydrogen) atoms. The summed E-state index contributed by atoms with van der Waals surface area (Å²) in [5.74, 6) is 0. The predicted octanol–water partition coefficient (Wildman–Crippen LogP) is 1.03. The van der Waals surface area contributed by atoms with Gasteiger partial charge >= 0.3 is 0 Å². The first-order valence-corrected chi connectivity index (χ1v) is 4.38. The van der Waals surface area contributed by atoms with E-state index in [2.05, 4.69) is 19.5 Å². The van der Waals surface area contributed by atoms with E-state index in [1.54, 1.807) is 0 Å². The van der Waals surface area contributed by atoms with E-state index in [4.69, 9.17) is 4.43 Å². The second kappa shape index (κ2) is 5.06. The lowest BCUT2D eigenvalue weighted by molar-refractivity contribution is 0.366. The van der Waals surface area contributed by atoms with Crippen LogP contribution in [0.1, 0.15) is 20.8 Å². The molecule has 0 rings (SSSR count). The number of hydrogen-bond donors (Lipinski definition) is 0. The molecule has 0 saturated heterocycles. The molecular weight excluding hydrogens is 116 g/mol. The molecular formula is C6H14OSi. The minimum Gasteiger partial charge on any atom is -0.419 e. The van der Waals surface area contributed by atoms with Crippen molar-refractivity contribution in [1.29, 1.82) is 0 Å². The van der Waals surface area contributed by atoms with Crippen molar-refractivity contribution in [1.82, 2.24) is 0 Å². The fraction of sp³-hybridized carbons (Fsp3) is 0.667. The lowest BCUT2D eigenvalue weighted by Crippen LogP contribution is -1.93. The van der Waals surface area contributed by atoms with Crippen molar-refractivity contribution in [2.75, 3.05) is 6.61 Å². The molecule has 1 nitrogen and oxygen atoms in total. The van der Waals surface area contributed by atoms with Gasteiger partial charge in [-0.25, -0.2) is 0 Å². The Kier molecular flexibility index (Phi) is 5.01. The Morgan fingerprint density at radius 2 is 2.25 bits per heavy atom. The molecule has 0 atom stereocenters. The van der Waals surface area contributed by atoms with Crippen molar-refractivity contribution in [2.45, 2.75) is 20.8 Å². The van der Waals surface area contributed by atoms with Crippen LogP contribution in [0, 0.1) is 0 Å². The van der Waals surface area contributed by atoms with Crippen LogP contribution < -0.4 is 0 Å². The van der Waals surface area contributed by atoms with Crippen LogP contribution in [0.4, 0.5) is 0 Å². The quantitative estimate of drug-likeness (QED) is 0.409. The molecule has 2 heteroatoms.